The average molecular weight is 559 g/mol. The van der Waals surface area contributed by atoms with Gasteiger partial charge in [-0.3, -0.25) is 4.79 Å². The number of nitrogens with zero attached hydrogens (tertiary/aromatic N) is 2. The van der Waals surface area contributed by atoms with Gasteiger partial charge in [0.1, 0.15) is 5.75 Å². The Morgan fingerprint density at radius 3 is 2.05 bits per heavy atom. The number of nitriles is 1. The molecule has 0 spiro atoms. The van der Waals surface area contributed by atoms with Crippen molar-refractivity contribution in [3.8, 4) is 34.8 Å². The maximum absolute atomic E-state index is 13.6. The standard InChI is InChI=1S/C33H38N2O6/c1-5-37-29-14-11-24(18-30(29)38-6-2)17-28-27-20-32(40-8-4)31(39-7-3)19-25(27)15-16-35(28)33(36)22-41-26-12-9-23(21-34)10-13-26/h9-14,18-20,28H,5-8,15-17,22H2,1-4H3/t28-/m1/s1. The van der Waals surface area contributed by atoms with Crippen molar-refractivity contribution in [3.63, 3.8) is 0 Å². The van der Waals surface area contributed by atoms with Crippen molar-refractivity contribution < 1.29 is 28.5 Å². The Bertz CT molecular complexity index is 1370. The van der Waals surface area contributed by atoms with E-state index in [0.29, 0.717) is 74.4 Å². The molecule has 0 bridgehead atoms. The normalized spacial score (nSPS) is 14.0. The van der Waals surface area contributed by atoms with Crippen LogP contribution in [0.4, 0.5) is 0 Å². The van der Waals surface area contributed by atoms with Crippen molar-refractivity contribution in [1.29, 1.82) is 5.26 Å². The van der Waals surface area contributed by atoms with Crippen LogP contribution >= 0.6 is 0 Å². The lowest BCUT2D eigenvalue weighted by Crippen LogP contribution is -2.43. The third-order valence-corrected chi connectivity index (χ3v) is 6.87. The van der Waals surface area contributed by atoms with E-state index in [1.165, 1.54) is 0 Å². The molecule has 0 aromatic heterocycles. The fourth-order valence-corrected chi connectivity index (χ4v) is 5.06. The lowest BCUT2D eigenvalue weighted by molar-refractivity contribution is -0.136. The van der Waals surface area contributed by atoms with E-state index >= 15 is 0 Å². The summed E-state index contributed by atoms with van der Waals surface area (Å²) in [4.78, 5) is 15.5. The van der Waals surface area contributed by atoms with Gasteiger partial charge in [0.2, 0.25) is 0 Å². The molecule has 3 aromatic carbocycles. The van der Waals surface area contributed by atoms with Crippen LogP contribution in [0.1, 0.15) is 56.0 Å². The van der Waals surface area contributed by atoms with Crippen LogP contribution in [0.5, 0.6) is 28.7 Å². The van der Waals surface area contributed by atoms with Crippen molar-refractivity contribution in [2.75, 3.05) is 39.6 Å². The van der Waals surface area contributed by atoms with E-state index in [-0.39, 0.29) is 18.6 Å². The van der Waals surface area contributed by atoms with E-state index in [1.54, 1.807) is 24.3 Å². The highest BCUT2D eigenvalue weighted by Crippen LogP contribution is 2.41. The van der Waals surface area contributed by atoms with Crippen LogP contribution in [0, 0.1) is 11.3 Å². The van der Waals surface area contributed by atoms with E-state index in [9.17, 15) is 4.79 Å². The zero-order valence-corrected chi connectivity index (χ0v) is 24.3. The molecule has 1 heterocycles. The molecule has 216 valence electrons. The third-order valence-electron chi connectivity index (χ3n) is 6.87. The Kier molecular flexibility index (Phi) is 10.3. The predicted octanol–water partition coefficient (Wildman–Crippen LogP) is 5.90. The summed E-state index contributed by atoms with van der Waals surface area (Å²) >= 11 is 0. The summed E-state index contributed by atoms with van der Waals surface area (Å²) < 4.78 is 29.3. The number of hydrogen-bond donors (Lipinski definition) is 0. The molecule has 0 aliphatic carbocycles. The van der Waals surface area contributed by atoms with E-state index in [1.807, 2.05) is 56.9 Å². The monoisotopic (exact) mass is 558 g/mol. The maximum atomic E-state index is 13.6. The largest absolute Gasteiger partial charge is 0.490 e. The summed E-state index contributed by atoms with van der Waals surface area (Å²) in [5.41, 5.74) is 3.72. The van der Waals surface area contributed by atoms with Gasteiger partial charge in [0, 0.05) is 6.54 Å². The van der Waals surface area contributed by atoms with Gasteiger partial charge in [-0.2, -0.15) is 5.26 Å². The highest BCUT2D eigenvalue weighted by atomic mass is 16.5. The molecule has 0 saturated carbocycles. The number of hydrogen-bond acceptors (Lipinski definition) is 7. The number of fused-ring (bicyclic) bond motifs is 1. The Hall–Kier alpha value is -4.38. The number of carbonyl (C=O) groups is 1. The molecule has 0 radical (unpaired) electrons. The fourth-order valence-electron chi connectivity index (χ4n) is 5.06. The van der Waals surface area contributed by atoms with E-state index in [0.717, 1.165) is 22.4 Å². The Morgan fingerprint density at radius 2 is 1.41 bits per heavy atom. The van der Waals surface area contributed by atoms with Crippen molar-refractivity contribution >= 4 is 5.91 Å². The second kappa shape index (κ2) is 14.3. The molecule has 1 atom stereocenters. The van der Waals surface area contributed by atoms with E-state index in [4.69, 9.17) is 28.9 Å². The highest BCUT2D eigenvalue weighted by Gasteiger charge is 2.33. The lowest BCUT2D eigenvalue weighted by atomic mass is 9.88. The molecule has 8 heteroatoms. The van der Waals surface area contributed by atoms with Gasteiger partial charge in [0.25, 0.3) is 5.91 Å². The number of rotatable bonds is 13. The minimum absolute atomic E-state index is 0.111. The summed E-state index contributed by atoms with van der Waals surface area (Å²) in [6.07, 6.45) is 1.26. The summed E-state index contributed by atoms with van der Waals surface area (Å²) in [6.45, 7) is 10.3. The molecule has 4 rings (SSSR count). The number of carbonyl (C=O) groups excluding carboxylic acids is 1. The molecule has 0 fully saturated rings. The zero-order valence-electron chi connectivity index (χ0n) is 24.3. The first-order valence-corrected chi connectivity index (χ1v) is 14.2. The van der Waals surface area contributed by atoms with Gasteiger partial charge in [0.15, 0.2) is 29.6 Å². The van der Waals surface area contributed by atoms with Crippen molar-refractivity contribution in [1.82, 2.24) is 4.90 Å². The average Bonchev–Trinajstić information content (AvgIpc) is 2.98. The maximum Gasteiger partial charge on any atom is 0.261 e. The quantitative estimate of drug-likeness (QED) is 0.258. The van der Waals surface area contributed by atoms with E-state index in [2.05, 4.69) is 12.1 Å². The van der Waals surface area contributed by atoms with Crippen LogP contribution in [0.2, 0.25) is 0 Å². The molecule has 1 amide bonds. The molecule has 0 saturated heterocycles. The first-order chi connectivity index (χ1) is 20.0. The minimum atomic E-state index is -0.252. The van der Waals surface area contributed by atoms with Gasteiger partial charge < -0.3 is 28.6 Å². The molecule has 1 aliphatic heterocycles. The second-order valence-corrected chi connectivity index (χ2v) is 9.49. The topological polar surface area (TPSA) is 90.3 Å². The van der Waals surface area contributed by atoms with Gasteiger partial charge in [-0.1, -0.05) is 6.07 Å². The van der Waals surface area contributed by atoms with Crippen LogP contribution in [0.3, 0.4) is 0 Å². The smallest absolute Gasteiger partial charge is 0.261 e. The summed E-state index contributed by atoms with van der Waals surface area (Å²) in [6, 6.07) is 18.6. The van der Waals surface area contributed by atoms with Crippen LogP contribution in [-0.4, -0.2) is 50.4 Å². The molecular formula is C33H38N2O6. The fraction of sp³-hybridized carbons (Fsp3) is 0.394. The zero-order chi connectivity index (χ0) is 29.2. The number of benzene rings is 3. The third kappa shape index (κ3) is 7.23. The minimum Gasteiger partial charge on any atom is -0.490 e. The first kappa shape index (κ1) is 29.6. The molecular weight excluding hydrogens is 520 g/mol. The molecule has 41 heavy (non-hydrogen) atoms. The Balaban J connectivity index is 1.67. The second-order valence-electron chi connectivity index (χ2n) is 9.49. The Labute approximate surface area is 242 Å². The van der Waals surface area contributed by atoms with Crippen LogP contribution < -0.4 is 23.7 Å². The lowest BCUT2D eigenvalue weighted by Gasteiger charge is -2.38. The van der Waals surface area contributed by atoms with Gasteiger partial charge in [-0.25, -0.2) is 0 Å². The molecule has 1 aliphatic rings. The number of ether oxygens (including phenoxy) is 5. The SMILES string of the molecule is CCOc1ccc(C[C@@H]2c3cc(OCC)c(OCC)cc3CCN2C(=O)COc2ccc(C#N)cc2)cc1OCC. The first-order valence-electron chi connectivity index (χ1n) is 14.2. The van der Waals surface area contributed by atoms with Crippen molar-refractivity contribution in [2.45, 2.75) is 46.6 Å². The van der Waals surface area contributed by atoms with Gasteiger partial charge >= 0.3 is 0 Å². The van der Waals surface area contributed by atoms with E-state index < -0.39 is 0 Å². The van der Waals surface area contributed by atoms with Gasteiger partial charge in [0.05, 0.1) is 44.1 Å². The van der Waals surface area contributed by atoms with Gasteiger partial charge in [-0.05, 0) is 106 Å². The molecule has 0 unspecified atom stereocenters. The summed E-state index contributed by atoms with van der Waals surface area (Å²) in [7, 11) is 0. The highest BCUT2D eigenvalue weighted by molar-refractivity contribution is 5.79. The van der Waals surface area contributed by atoms with Crippen LogP contribution in [-0.2, 0) is 17.6 Å². The summed E-state index contributed by atoms with van der Waals surface area (Å²) in [5, 5.41) is 9.05. The van der Waals surface area contributed by atoms with Crippen molar-refractivity contribution in [3.05, 3.63) is 76.9 Å². The predicted molar refractivity (Wildman–Crippen MR) is 156 cm³/mol. The Morgan fingerprint density at radius 1 is 0.805 bits per heavy atom. The number of amides is 1. The summed E-state index contributed by atoms with van der Waals surface area (Å²) in [5.74, 6) is 3.20. The van der Waals surface area contributed by atoms with Crippen LogP contribution in [0.15, 0.2) is 54.6 Å². The molecule has 3 aromatic rings. The van der Waals surface area contributed by atoms with Crippen molar-refractivity contribution in [2.24, 2.45) is 0 Å². The molecule has 0 N–H and O–H groups in total. The van der Waals surface area contributed by atoms with Gasteiger partial charge in [-0.15, -0.1) is 0 Å². The van der Waals surface area contributed by atoms with Crippen LogP contribution in [0.25, 0.3) is 0 Å². The molecule has 8 nitrogen and oxygen atoms in total.